The van der Waals surface area contributed by atoms with Crippen LogP contribution in [0.5, 0.6) is 0 Å². The summed E-state index contributed by atoms with van der Waals surface area (Å²) in [6.45, 7) is 6.33. The lowest BCUT2D eigenvalue weighted by Gasteiger charge is -2.11. The summed E-state index contributed by atoms with van der Waals surface area (Å²) in [6, 6.07) is 19.1. The van der Waals surface area contributed by atoms with Crippen molar-refractivity contribution in [3.8, 4) is 11.8 Å². The summed E-state index contributed by atoms with van der Waals surface area (Å²) in [6.07, 6.45) is 5.39. The van der Waals surface area contributed by atoms with Crippen LogP contribution in [-0.2, 0) is 6.42 Å². The molecule has 0 radical (unpaired) electrons. The molecule has 0 fully saturated rings. The molecule has 0 saturated heterocycles. The van der Waals surface area contributed by atoms with Crippen molar-refractivity contribution in [3.05, 3.63) is 88.5 Å². The van der Waals surface area contributed by atoms with E-state index >= 15 is 0 Å². The van der Waals surface area contributed by atoms with Crippen molar-refractivity contribution in [3.63, 3.8) is 0 Å². The van der Waals surface area contributed by atoms with Gasteiger partial charge in [0.15, 0.2) is 0 Å². The summed E-state index contributed by atoms with van der Waals surface area (Å²) in [5, 5.41) is 9.58. The standard InChI is InChI=1S/C25H25FN2/c1-4-5-6-20-7-13-25(14-8-20)28-18(2)15-22(19(28)3)16-23(17-27)21-9-11-24(26)12-10-21/h7-16H,4-6H2,1-3H3/b23-16-. The highest BCUT2D eigenvalue weighted by Crippen LogP contribution is 2.26. The zero-order valence-electron chi connectivity index (χ0n) is 16.7. The summed E-state index contributed by atoms with van der Waals surface area (Å²) in [7, 11) is 0. The van der Waals surface area contributed by atoms with Gasteiger partial charge in [-0.2, -0.15) is 5.26 Å². The normalized spacial score (nSPS) is 11.5. The number of rotatable bonds is 6. The van der Waals surface area contributed by atoms with Gasteiger partial charge in [-0.05, 0) is 79.8 Å². The molecule has 1 aromatic heterocycles. The molecule has 0 bridgehead atoms. The average molecular weight is 372 g/mol. The number of nitriles is 1. The quantitative estimate of drug-likeness (QED) is 0.446. The van der Waals surface area contributed by atoms with E-state index in [1.165, 1.54) is 30.5 Å². The van der Waals surface area contributed by atoms with Crippen LogP contribution in [0.3, 0.4) is 0 Å². The zero-order valence-corrected chi connectivity index (χ0v) is 16.7. The number of allylic oxidation sites excluding steroid dienone is 1. The molecule has 3 heteroatoms. The summed E-state index contributed by atoms with van der Waals surface area (Å²) in [5.74, 6) is -0.304. The second-order valence-electron chi connectivity index (χ2n) is 7.11. The minimum Gasteiger partial charge on any atom is -0.318 e. The Morgan fingerprint density at radius 2 is 1.75 bits per heavy atom. The Morgan fingerprint density at radius 1 is 1.07 bits per heavy atom. The Morgan fingerprint density at radius 3 is 2.36 bits per heavy atom. The molecule has 142 valence electrons. The van der Waals surface area contributed by atoms with Crippen molar-refractivity contribution < 1.29 is 4.39 Å². The first-order chi connectivity index (χ1) is 13.5. The number of unbranched alkanes of at least 4 members (excludes halogenated alkanes) is 1. The lowest BCUT2D eigenvalue weighted by Crippen LogP contribution is -1.99. The van der Waals surface area contributed by atoms with Crippen molar-refractivity contribution >= 4 is 11.6 Å². The van der Waals surface area contributed by atoms with Crippen LogP contribution in [0.25, 0.3) is 17.3 Å². The second kappa shape index (κ2) is 8.71. The lowest BCUT2D eigenvalue weighted by molar-refractivity contribution is 0.627. The van der Waals surface area contributed by atoms with Crippen LogP contribution < -0.4 is 0 Å². The third kappa shape index (κ3) is 4.23. The highest BCUT2D eigenvalue weighted by atomic mass is 19.1. The smallest absolute Gasteiger partial charge is 0.123 e. The Balaban J connectivity index is 1.95. The van der Waals surface area contributed by atoms with E-state index in [-0.39, 0.29) is 5.82 Å². The van der Waals surface area contributed by atoms with Gasteiger partial charge in [-0.15, -0.1) is 0 Å². The molecule has 0 unspecified atom stereocenters. The van der Waals surface area contributed by atoms with E-state index in [4.69, 9.17) is 0 Å². The van der Waals surface area contributed by atoms with Crippen LogP contribution in [0, 0.1) is 31.0 Å². The largest absolute Gasteiger partial charge is 0.318 e. The first-order valence-corrected chi connectivity index (χ1v) is 9.69. The van der Waals surface area contributed by atoms with Gasteiger partial charge < -0.3 is 4.57 Å². The van der Waals surface area contributed by atoms with E-state index in [1.807, 2.05) is 6.08 Å². The molecule has 0 aliphatic heterocycles. The van der Waals surface area contributed by atoms with E-state index in [0.29, 0.717) is 11.1 Å². The summed E-state index contributed by atoms with van der Waals surface area (Å²) < 4.78 is 15.4. The van der Waals surface area contributed by atoms with E-state index in [1.54, 1.807) is 12.1 Å². The van der Waals surface area contributed by atoms with Crippen LogP contribution in [0.4, 0.5) is 4.39 Å². The fraction of sp³-hybridized carbons (Fsp3) is 0.240. The molecule has 0 amide bonds. The Bertz CT molecular complexity index is 1020. The minimum absolute atomic E-state index is 0.304. The van der Waals surface area contributed by atoms with Crippen molar-refractivity contribution in [1.29, 1.82) is 5.26 Å². The molecule has 2 aromatic carbocycles. The zero-order chi connectivity index (χ0) is 20.1. The molecular weight excluding hydrogens is 347 g/mol. The third-order valence-electron chi connectivity index (χ3n) is 5.06. The van der Waals surface area contributed by atoms with Gasteiger partial charge in [-0.25, -0.2) is 4.39 Å². The molecule has 0 aliphatic rings. The van der Waals surface area contributed by atoms with Gasteiger partial charge in [-0.1, -0.05) is 37.6 Å². The van der Waals surface area contributed by atoms with Crippen molar-refractivity contribution in [2.45, 2.75) is 40.0 Å². The maximum Gasteiger partial charge on any atom is 0.123 e. The van der Waals surface area contributed by atoms with Crippen molar-refractivity contribution in [2.24, 2.45) is 0 Å². The van der Waals surface area contributed by atoms with Crippen LogP contribution in [0.2, 0.25) is 0 Å². The number of halogens is 1. The number of benzene rings is 2. The second-order valence-corrected chi connectivity index (χ2v) is 7.11. The average Bonchev–Trinajstić information content (AvgIpc) is 2.99. The predicted octanol–water partition coefficient (Wildman–Crippen LogP) is 6.64. The SMILES string of the molecule is CCCCc1ccc(-n2c(C)cc(/C=C(/C#N)c3ccc(F)cc3)c2C)cc1. The molecule has 0 saturated carbocycles. The Kier molecular flexibility index (Phi) is 6.11. The minimum atomic E-state index is -0.304. The molecule has 0 atom stereocenters. The highest BCUT2D eigenvalue weighted by Gasteiger charge is 2.11. The predicted molar refractivity (Wildman–Crippen MR) is 114 cm³/mol. The number of nitrogens with zero attached hydrogens (tertiary/aromatic N) is 2. The molecule has 3 rings (SSSR count). The monoisotopic (exact) mass is 372 g/mol. The van der Waals surface area contributed by atoms with Crippen molar-refractivity contribution in [1.82, 2.24) is 4.57 Å². The fourth-order valence-corrected chi connectivity index (χ4v) is 3.49. The Labute approximate surface area is 166 Å². The third-order valence-corrected chi connectivity index (χ3v) is 5.06. The maximum absolute atomic E-state index is 13.2. The van der Waals surface area contributed by atoms with E-state index in [0.717, 1.165) is 29.1 Å². The molecule has 0 spiro atoms. The van der Waals surface area contributed by atoms with Gasteiger partial charge in [-0.3, -0.25) is 0 Å². The molecule has 0 aliphatic carbocycles. The molecular formula is C25H25FN2. The summed E-state index contributed by atoms with van der Waals surface area (Å²) >= 11 is 0. The molecule has 28 heavy (non-hydrogen) atoms. The lowest BCUT2D eigenvalue weighted by atomic mass is 10.0. The van der Waals surface area contributed by atoms with Crippen LogP contribution in [0.1, 0.15) is 47.8 Å². The molecule has 2 nitrogen and oxygen atoms in total. The molecule has 3 aromatic rings. The Hall–Kier alpha value is -3.12. The van der Waals surface area contributed by atoms with E-state index in [2.05, 4.69) is 61.7 Å². The molecule has 0 N–H and O–H groups in total. The fourth-order valence-electron chi connectivity index (χ4n) is 3.49. The topological polar surface area (TPSA) is 28.7 Å². The van der Waals surface area contributed by atoms with Crippen LogP contribution in [-0.4, -0.2) is 4.57 Å². The van der Waals surface area contributed by atoms with E-state index < -0.39 is 0 Å². The molecule has 1 heterocycles. The van der Waals surface area contributed by atoms with Gasteiger partial charge in [0, 0.05) is 17.1 Å². The number of aryl methyl sites for hydroxylation is 2. The van der Waals surface area contributed by atoms with Crippen LogP contribution >= 0.6 is 0 Å². The highest BCUT2D eigenvalue weighted by molar-refractivity contribution is 5.90. The first kappa shape index (κ1) is 19.6. The van der Waals surface area contributed by atoms with Gasteiger partial charge in [0.2, 0.25) is 0 Å². The number of hydrogen-bond donors (Lipinski definition) is 0. The van der Waals surface area contributed by atoms with Gasteiger partial charge >= 0.3 is 0 Å². The van der Waals surface area contributed by atoms with Gasteiger partial charge in [0.25, 0.3) is 0 Å². The van der Waals surface area contributed by atoms with E-state index in [9.17, 15) is 9.65 Å². The van der Waals surface area contributed by atoms with Crippen molar-refractivity contribution in [2.75, 3.05) is 0 Å². The van der Waals surface area contributed by atoms with Crippen LogP contribution in [0.15, 0.2) is 54.6 Å². The maximum atomic E-state index is 13.2. The summed E-state index contributed by atoms with van der Waals surface area (Å²) in [5.41, 5.74) is 6.90. The first-order valence-electron chi connectivity index (χ1n) is 9.69. The summed E-state index contributed by atoms with van der Waals surface area (Å²) in [4.78, 5) is 0. The van der Waals surface area contributed by atoms with Gasteiger partial charge in [0.1, 0.15) is 5.82 Å². The van der Waals surface area contributed by atoms with Gasteiger partial charge in [0.05, 0.1) is 11.6 Å². The number of hydrogen-bond acceptors (Lipinski definition) is 1. The number of aromatic nitrogens is 1.